The molecule has 2 atom stereocenters. The van der Waals surface area contributed by atoms with Gasteiger partial charge in [0.05, 0.1) is 5.56 Å². The molecule has 0 bridgehead atoms. The third-order valence-electron chi connectivity index (χ3n) is 3.44. The van der Waals surface area contributed by atoms with Gasteiger partial charge in [-0.25, -0.2) is 9.59 Å². The second-order valence-corrected chi connectivity index (χ2v) is 5.99. The van der Waals surface area contributed by atoms with E-state index in [1.807, 2.05) is 11.8 Å². The first kappa shape index (κ1) is 14.7. The van der Waals surface area contributed by atoms with Gasteiger partial charge in [-0.1, -0.05) is 0 Å². The van der Waals surface area contributed by atoms with E-state index in [4.69, 9.17) is 5.11 Å². The number of hydrogen-bond donors (Lipinski definition) is 3. The van der Waals surface area contributed by atoms with Gasteiger partial charge in [-0.3, -0.25) is 0 Å². The van der Waals surface area contributed by atoms with Gasteiger partial charge in [-0.05, 0) is 49.8 Å². The van der Waals surface area contributed by atoms with Crippen LogP contribution < -0.4 is 10.6 Å². The van der Waals surface area contributed by atoms with Gasteiger partial charge in [0, 0.05) is 17.0 Å². The molecule has 1 aliphatic rings. The van der Waals surface area contributed by atoms with E-state index >= 15 is 0 Å². The minimum Gasteiger partial charge on any atom is -0.478 e. The number of carbonyl (C=O) groups is 2. The lowest BCUT2D eigenvalue weighted by molar-refractivity contribution is 0.0697. The molecule has 3 N–H and O–H groups in total. The van der Waals surface area contributed by atoms with E-state index in [9.17, 15) is 9.59 Å². The summed E-state index contributed by atoms with van der Waals surface area (Å²) in [5.74, 6) is -0.977. The van der Waals surface area contributed by atoms with Crippen LogP contribution in [0.5, 0.6) is 0 Å². The number of aromatic carboxylic acids is 1. The summed E-state index contributed by atoms with van der Waals surface area (Å²) in [4.78, 5) is 22.6. The molecule has 0 aromatic heterocycles. The smallest absolute Gasteiger partial charge is 0.335 e. The summed E-state index contributed by atoms with van der Waals surface area (Å²) >= 11 is 1.84. The summed E-state index contributed by atoms with van der Waals surface area (Å²) in [5, 5.41) is 15.1. The molecule has 1 aliphatic carbocycles. The quantitative estimate of drug-likeness (QED) is 0.798. The molecule has 1 aromatic rings. The standard InChI is InChI=1S/C14H18N2O3S/c1-20-12-7-6-11(8-12)16-14(19)15-10-4-2-9(3-5-10)13(17)18/h2-5,11-12H,6-8H2,1H3,(H,17,18)(H2,15,16,19). The predicted molar refractivity (Wildman–Crippen MR) is 80.5 cm³/mol. The van der Waals surface area contributed by atoms with Gasteiger partial charge in [0.2, 0.25) is 0 Å². The van der Waals surface area contributed by atoms with Crippen LogP contribution in [-0.4, -0.2) is 34.7 Å². The van der Waals surface area contributed by atoms with Crippen LogP contribution in [0.1, 0.15) is 29.6 Å². The molecule has 0 heterocycles. The van der Waals surface area contributed by atoms with Crippen LogP contribution >= 0.6 is 11.8 Å². The molecule has 0 radical (unpaired) electrons. The van der Waals surface area contributed by atoms with Gasteiger partial charge in [-0.2, -0.15) is 11.8 Å². The molecule has 2 rings (SSSR count). The van der Waals surface area contributed by atoms with Gasteiger partial charge < -0.3 is 15.7 Å². The van der Waals surface area contributed by atoms with E-state index in [0.29, 0.717) is 10.9 Å². The van der Waals surface area contributed by atoms with Gasteiger partial charge in [-0.15, -0.1) is 0 Å². The van der Waals surface area contributed by atoms with Crippen molar-refractivity contribution in [1.29, 1.82) is 0 Å². The van der Waals surface area contributed by atoms with Crippen molar-refractivity contribution in [2.24, 2.45) is 0 Å². The molecule has 0 saturated heterocycles. The zero-order valence-electron chi connectivity index (χ0n) is 11.3. The lowest BCUT2D eigenvalue weighted by Gasteiger charge is -2.13. The number of thioether (sulfide) groups is 1. The Labute approximate surface area is 122 Å². The number of carbonyl (C=O) groups excluding carboxylic acids is 1. The first-order valence-electron chi connectivity index (χ1n) is 6.52. The first-order valence-corrected chi connectivity index (χ1v) is 7.81. The van der Waals surface area contributed by atoms with E-state index < -0.39 is 5.97 Å². The third kappa shape index (κ3) is 3.90. The maximum Gasteiger partial charge on any atom is 0.335 e. The Balaban J connectivity index is 1.84. The van der Waals surface area contributed by atoms with Crippen molar-refractivity contribution in [2.45, 2.75) is 30.6 Å². The Hall–Kier alpha value is -1.69. The molecule has 1 aromatic carbocycles. The minimum absolute atomic E-state index is 0.203. The normalized spacial score (nSPS) is 21.4. The Morgan fingerprint density at radius 1 is 1.25 bits per heavy atom. The Kier molecular flexibility index (Phi) is 4.89. The number of urea groups is 1. The molecule has 20 heavy (non-hydrogen) atoms. The monoisotopic (exact) mass is 294 g/mol. The van der Waals surface area contributed by atoms with Crippen molar-refractivity contribution in [1.82, 2.24) is 5.32 Å². The van der Waals surface area contributed by atoms with E-state index in [1.165, 1.54) is 12.1 Å². The molecule has 0 aliphatic heterocycles. The Morgan fingerprint density at radius 3 is 2.50 bits per heavy atom. The SMILES string of the molecule is CSC1CCC(NC(=O)Nc2ccc(C(=O)O)cc2)C1. The maximum absolute atomic E-state index is 11.8. The fourth-order valence-corrected chi connectivity index (χ4v) is 3.13. The molecule has 1 fully saturated rings. The average molecular weight is 294 g/mol. The number of carboxylic acid groups (broad SMARTS) is 1. The number of rotatable bonds is 4. The van der Waals surface area contributed by atoms with Crippen molar-refractivity contribution in [3.63, 3.8) is 0 Å². The molecule has 2 amide bonds. The summed E-state index contributed by atoms with van der Waals surface area (Å²) in [5.41, 5.74) is 0.793. The first-order chi connectivity index (χ1) is 9.58. The molecule has 6 heteroatoms. The summed E-state index contributed by atoms with van der Waals surface area (Å²) in [6.07, 6.45) is 5.25. The highest BCUT2D eigenvalue weighted by Crippen LogP contribution is 2.28. The fourth-order valence-electron chi connectivity index (χ4n) is 2.33. The van der Waals surface area contributed by atoms with Crippen LogP contribution in [0.15, 0.2) is 24.3 Å². The van der Waals surface area contributed by atoms with Crippen LogP contribution in [0.4, 0.5) is 10.5 Å². The van der Waals surface area contributed by atoms with Gasteiger partial charge in [0.1, 0.15) is 0 Å². The molecule has 2 unspecified atom stereocenters. The maximum atomic E-state index is 11.8. The lowest BCUT2D eigenvalue weighted by atomic mass is 10.2. The lowest BCUT2D eigenvalue weighted by Crippen LogP contribution is -2.36. The second kappa shape index (κ2) is 6.65. The van der Waals surface area contributed by atoms with E-state index in [-0.39, 0.29) is 17.6 Å². The molecular weight excluding hydrogens is 276 g/mol. The molecule has 108 valence electrons. The Morgan fingerprint density at radius 2 is 1.95 bits per heavy atom. The van der Waals surface area contributed by atoms with Crippen LogP contribution in [0.2, 0.25) is 0 Å². The van der Waals surface area contributed by atoms with Gasteiger partial charge >= 0.3 is 12.0 Å². The topological polar surface area (TPSA) is 78.4 Å². The van der Waals surface area contributed by atoms with E-state index in [0.717, 1.165) is 19.3 Å². The van der Waals surface area contributed by atoms with Crippen molar-refractivity contribution in [3.05, 3.63) is 29.8 Å². The van der Waals surface area contributed by atoms with Crippen LogP contribution in [0.3, 0.4) is 0 Å². The summed E-state index contributed by atoms with van der Waals surface area (Å²) < 4.78 is 0. The van der Waals surface area contributed by atoms with Crippen molar-refractivity contribution < 1.29 is 14.7 Å². The molecule has 1 saturated carbocycles. The van der Waals surface area contributed by atoms with Crippen LogP contribution in [0.25, 0.3) is 0 Å². The van der Waals surface area contributed by atoms with Crippen molar-refractivity contribution >= 4 is 29.4 Å². The molecule has 5 nitrogen and oxygen atoms in total. The van der Waals surface area contributed by atoms with Gasteiger partial charge in [0.25, 0.3) is 0 Å². The zero-order valence-corrected chi connectivity index (χ0v) is 12.1. The summed E-state index contributed by atoms with van der Waals surface area (Å²) in [7, 11) is 0. The average Bonchev–Trinajstić information content (AvgIpc) is 2.86. The number of nitrogens with one attached hydrogen (secondary N) is 2. The number of hydrogen-bond acceptors (Lipinski definition) is 3. The fraction of sp³-hybridized carbons (Fsp3) is 0.429. The highest BCUT2D eigenvalue weighted by atomic mass is 32.2. The zero-order chi connectivity index (χ0) is 14.5. The number of benzene rings is 1. The van der Waals surface area contributed by atoms with Crippen molar-refractivity contribution in [3.8, 4) is 0 Å². The van der Waals surface area contributed by atoms with E-state index in [1.54, 1.807) is 12.1 Å². The Bertz CT molecular complexity index is 490. The highest BCUT2D eigenvalue weighted by molar-refractivity contribution is 7.99. The molecular formula is C14H18N2O3S. The largest absolute Gasteiger partial charge is 0.478 e. The minimum atomic E-state index is -0.977. The number of carboxylic acids is 1. The van der Waals surface area contributed by atoms with Crippen molar-refractivity contribution in [2.75, 3.05) is 11.6 Å². The number of anilines is 1. The second-order valence-electron chi connectivity index (χ2n) is 4.85. The highest BCUT2D eigenvalue weighted by Gasteiger charge is 2.25. The van der Waals surface area contributed by atoms with Gasteiger partial charge in [0.15, 0.2) is 0 Å². The van der Waals surface area contributed by atoms with E-state index in [2.05, 4.69) is 16.9 Å². The van der Waals surface area contributed by atoms with Crippen LogP contribution in [-0.2, 0) is 0 Å². The summed E-state index contributed by atoms with van der Waals surface area (Å²) in [6, 6.07) is 6.10. The summed E-state index contributed by atoms with van der Waals surface area (Å²) in [6.45, 7) is 0. The predicted octanol–water partition coefficient (Wildman–Crippen LogP) is 2.79. The molecule has 0 spiro atoms. The van der Waals surface area contributed by atoms with Crippen LogP contribution in [0, 0.1) is 0 Å². The number of amides is 2. The third-order valence-corrected chi connectivity index (χ3v) is 4.54.